The summed E-state index contributed by atoms with van der Waals surface area (Å²) in [5.41, 5.74) is 5.94. The number of anilines is 1. The van der Waals surface area contributed by atoms with Gasteiger partial charge in [-0.15, -0.1) is 0 Å². The quantitative estimate of drug-likeness (QED) is 0.701. The lowest BCUT2D eigenvalue weighted by atomic mass is 9.56. The molecule has 0 spiro atoms. The van der Waals surface area contributed by atoms with Crippen LogP contribution in [0.15, 0.2) is 66.7 Å². The molecule has 0 fully saturated rings. The molecule has 1 amide bonds. The summed E-state index contributed by atoms with van der Waals surface area (Å²) in [6.07, 6.45) is 0.958. The Bertz CT molecular complexity index is 984. The second kappa shape index (κ2) is 7.91. The SMILES string of the molecule is CCc1ccc(C(=O)Nc2ccc3c(c2)B(c2ccc(OC)cc2)OC3)cc1. The van der Waals surface area contributed by atoms with E-state index in [-0.39, 0.29) is 12.8 Å². The number of hydrogen-bond donors (Lipinski definition) is 1. The highest BCUT2D eigenvalue weighted by molar-refractivity contribution is 6.81. The smallest absolute Gasteiger partial charge is 0.362 e. The van der Waals surface area contributed by atoms with Crippen molar-refractivity contribution >= 4 is 29.4 Å². The normalized spacial score (nSPS) is 12.6. The third-order valence-electron chi connectivity index (χ3n) is 5.13. The van der Waals surface area contributed by atoms with Crippen LogP contribution in [0.25, 0.3) is 0 Å². The molecular formula is C23H22BNO3. The zero-order valence-corrected chi connectivity index (χ0v) is 16.1. The van der Waals surface area contributed by atoms with E-state index in [1.165, 1.54) is 5.56 Å². The van der Waals surface area contributed by atoms with Gasteiger partial charge in [0, 0.05) is 11.3 Å². The predicted octanol–water partition coefficient (Wildman–Crippen LogP) is 3.15. The number of aryl methyl sites for hydroxylation is 1. The first kappa shape index (κ1) is 18.3. The lowest BCUT2D eigenvalue weighted by molar-refractivity contribution is 0.102. The maximum absolute atomic E-state index is 12.6. The van der Waals surface area contributed by atoms with Gasteiger partial charge in [0.05, 0.1) is 13.7 Å². The van der Waals surface area contributed by atoms with E-state index in [1.807, 2.05) is 66.7 Å². The average Bonchev–Trinajstić information content (AvgIpc) is 3.17. The number of nitrogens with one attached hydrogen (secondary N) is 1. The summed E-state index contributed by atoms with van der Waals surface area (Å²) in [4.78, 5) is 12.6. The van der Waals surface area contributed by atoms with Crippen LogP contribution in [-0.2, 0) is 17.7 Å². The van der Waals surface area contributed by atoms with E-state index in [1.54, 1.807) is 7.11 Å². The zero-order chi connectivity index (χ0) is 19.5. The topological polar surface area (TPSA) is 47.6 Å². The molecule has 1 heterocycles. The molecule has 140 valence electrons. The van der Waals surface area contributed by atoms with E-state index in [0.29, 0.717) is 12.2 Å². The minimum absolute atomic E-state index is 0.109. The van der Waals surface area contributed by atoms with Crippen LogP contribution in [0, 0.1) is 0 Å². The number of carbonyl (C=O) groups is 1. The highest BCUT2D eigenvalue weighted by atomic mass is 16.5. The molecule has 4 rings (SSSR count). The number of carbonyl (C=O) groups excluding carboxylic acids is 1. The monoisotopic (exact) mass is 371 g/mol. The van der Waals surface area contributed by atoms with Crippen molar-refractivity contribution in [2.24, 2.45) is 0 Å². The second-order valence-electron chi connectivity index (χ2n) is 6.88. The van der Waals surface area contributed by atoms with Crippen molar-refractivity contribution in [1.29, 1.82) is 0 Å². The molecule has 0 saturated carbocycles. The maximum Gasteiger partial charge on any atom is 0.362 e. The zero-order valence-electron chi connectivity index (χ0n) is 16.1. The van der Waals surface area contributed by atoms with Crippen LogP contribution < -0.4 is 21.0 Å². The number of fused-ring (bicyclic) bond motifs is 1. The van der Waals surface area contributed by atoms with Gasteiger partial charge in [0.15, 0.2) is 0 Å². The van der Waals surface area contributed by atoms with Crippen molar-refractivity contribution in [3.63, 3.8) is 0 Å². The lowest BCUT2D eigenvalue weighted by Crippen LogP contribution is -2.41. The van der Waals surface area contributed by atoms with Gasteiger partial charge in [0.25, 0.3) is 5.91 Å². The lowest BCUT2D eigenvalue weighted by Gasteiger charge is -2.11. The minimum Gasteiger partial charge on any atom is -0.497 e. The summed E-state index contributed by atoms with van der Waals surface area (Å²) in [7, 11) is 1.65. The molecule has 0 bridgehead atoms. The molecule has 28 heavy (non-hydrogen) atoms. The molecule has 3 aromatic rings. The molecule has 4 nitrogen and oxygen atoms in total. The number of hydrogen-bond acceptors (Lipinski definition) is 3. The Morgan fingerprint density at radius 1 is 1.07 bits per heavy atom. The van der Waals surface area contributed by atoms with Gasteiger partial charge < -0.3 is 14.7 Å². The fourth-order valence-corrected chi connectivity index (χ4v) is 3.46. The summed E-state index contributed by atoms with van der Waals surface area (Å²) in [5.74, 6) is 0.708. The Morgan fingerprint density at radius 2 is 1.82 bits per heavy atom. The highest BCUT2D eigenvalue weighted by Gasteiger charge is 2.30. The molecule has 1 aliphatic rings. The molecule has 0 unspecified atom stereocenters. The Kier molecular flexibility index (Phi) is 5.17. The molecule has 5 heteroatoms. The van der Waals surface area contributed by atoms with Crippen LogP contribution in [0.2, 0.25) is 0 Å². The summed E-state index contributed by atoms with van der Waals surface area (Å²) < 4.78 is 11.2. The van der Waals surface area contributed by atoms with Crippen LogP contribution in [0.1, 0.15) is 28.4 Å². The summed E-state index contributed by atoms with van der Waals surface area (Å²) >= 11 is 0. The van der Waals surface area contributed by atoms with Crippen LogP contribution in [0.4, 0.5) is 5.69 Å². The first-order valence-corrected chi connectivity index (χ1v) is 9.46. The molecule has 1 aliphatic heterocycles. The molecule has 0 saturated heterocycles. The third kappa shape index (κ3) is 3.66. The molecule has 1 N–H and O–H groups in total. The van der Waals surface area contributed by atoms with Crippen LogP contribution in [0.3, 0.4) is 0 Å². The molecular weight excluding hydrogens is 349 g/mol. The van der Waals surface area contributed by atoms with Gasteiger partial charge >= 0.3 is 6.92 Å². The van der Waals surface area contributed by atoms with Crippen molar-refractivity contribution in [2.75, 3.05) is 12.4 Å². The number of rotatable bonds is 5. The van der Waals surface area contributed by atoms with Crippen molar-refractivity contribution < 1.29 is 14.2 Å². The molecule has 0 aromatic heterocycles. The average molecular weight is 371 g/mol. The first-order valence-electron chi connectivity index (χ1n) is 9.46. The number of ether oxygens (including phenoxy) is 1. The first-order chi connectivity index (χ1) is 13.7. The molecule has 0 atom stereocenters. The fraction of sp³-hybridized carbons (Fsp3) is 0.174. The van der Waals surface area contributed by atoms with E-state index in [9.17, 15) is 4.79 Å². The minimum atomic E-state index is -0.137. The standard InChI is InChI=1S/C23H22BNO3/c1-3-16-4-6-17(7-5-16)23(26)25-20-11-8-18-15-28-24(22(18)14-20)19-9-12-21(27-2)13-10-19/h4-14H,3,15H2,1-2H3,(H,25,26). The summed E-state index contributed by atoms with van der Waals surface area (Å²) in [6, 6.07) is 21.6. The summed E-state index contributed by atoms with van der Waals surface area (Å²) in [6.45, 7) is 2.53. The molecule has 0 aliphatic carbocycles. The largest absolute Gasteiger partial charge is 0.497 e. The van der Waals surface area contributed by atoms with Crippen molar-refractivity contribution in [3.05, 3.63) is 83.4 Å². The van der Waals surface area contributed by atoms with Crippen LogP contribution in [-0.4, -0.2) is 19.9 Å². The number of amides is 1. The van der Waals surface area contributed by atoms with Gasteiger partial charge in [-0.05, 0) is 64.9 Å². The van der Waals surface area contributed by atoms with Crippen molar-refractivity contribution in [3.8, 4) is 5.75 Å². The summed E-state index contributed by atoms with van der Waals surface area (Å²) in [5, 5.41) is 3.00. The Balaban J connectivity index is 1.55. The maximum atomic E-state index is 12.6. The molecule has 3 aromatic carbocycles. The van der Waals surface area contributed by atoms with E-state index in [0.717, 1.165) is 34.3 Å². The number of benzene rings is 3. The Labute approximate surface area is 165 Å². The van der Waals surface area contributed by atoms with Crippen molar-refractivity contribution in [1.82, 2.24) is 0 Å². The van der Waals surface area contributed by atoms with Gasteiger partial charge in [0.1, 0.15) is 5.75 Å². The Morgan fingerprint density at radius 3 is 2.50 bits per heavy atom. The van der Waals surface area contributed by atoms with Gasteiger partial charge in [-0.2, -0.15) is 0 Å². The predicted molar refractivity (Wildman–Crippen MR) is 113 cm³/mol. The van der Waals surface area contributed by atoms with Gasteiger partial charge in [-0.1, -0.05) is 37.3 Å². The Hall–Kier alpha value is -3.05. The fourth-order valence-electron chi connectivity index (χ4n) is 3.46. The van der Waals surface area contributed by atoms with E-state index >= 15 is 0 Å². The van der Waals surface area contributed by atoms with Gasteiger partial charge in [0.2, 0.25) is 0 Å². The third-order valence-corrected chi connectivity index (χ3v) is 5.13. The van der Waals surface area contributed by atoms with Crippen LogP contribution >= 0.6 is 0 Å². The van der Waals surface area contributed by atoms with Gasteiger partial charge in [-0.3, -0.25) is 4.79 Å². The van der Waals surface area contributed by atoms with E-state index in [4.69, 9.17) is 9.39 Å². The number of methoxy groups -OCH3 is 1. The van der Waals surface area contributed by atoms with E-state index < -0.39 is 0 Å². The highest BCUT2D eigenvalue weighted by Crippen LogP contribution is 2.17. The second-order valence-corrected chi connectivity index (χ2v) is 6.88. The van der Waals surface area contributed by atoms with Gasteiger partial charge in [-0.25, -0.2) is 0 Å². The molecule has 0 radical (unpaired) electrons. The van der Waals surface area contributed by atoms with Crippen molar-refractivity contribution in [2.45, 2.75) is 20.0 Å². The van der Waals surface area contributed by atoms with Crippen LogP contribution in [0.5, 0.6) is 5.75 Å². The van der Waals surface area contributed by atoms with E-state index in [2.05, 4.69) is 12.2 Å².